The van der Waals surface area contributed by atoms with Crippen molar-refractivity contribution in [2.45, 2.75) is 50.8 Å². The average molecular weight is 313 g/mol. The number of ether oxygens (including phenoxy) is 1. The molecule has 1 saturated carbocycles. The number of halogens is 1. The summed E-state index contributed by atoms with van der Waals surface area (Å²) in [5.41, 5.74) is 7.73. The fourth-order valence-corrected chi connectivity index (χ4v) is 2.76. The molecule has 0 bridgehead atoms. The number of nitrogens with one attached hydrogen (secondary N) is 1. The van der Waals surface area contributed by atoms with Crippen LogP contribution in [0.25, 0.3) is 0 Å². The van der Waals surface area contributed by atoms with Crippen molar-refractivity contribution in [3.8, 4) is 0 Å². The van der Waals surface area contributed by atoms with E-state index in [1.807, 2.05) is 24.3 Å². The molecule has 0 unspecified atom stereocenters. The Bertz CT molecular complexity index is 459. The molecule has 21 heavy (non-hydrogen) atoms. The molecule has 3 N–H and O–H groups in total. The van der Waals surface area contributed by atoms with Gasteiger partial charge in [-0.2, -0.15) is 0 Å². The molecule has 2 rings (SSSR count). The first kappa shape index (κ1) is 18.0. The quantitative estimate of drug-likeness (QED) is 0.878. The Hall–Kier alpha value is -1.10. The zero-order valence-corrected chi connectivity index (χ0v) is 13.4. The van der Waals surface area contributed by atoms with E-state index in [1.54, 1.807) is 7.11 Å². The van der Waals surface area contributed by atoms with Gasteiger partial charge in [-0.3, -0.25) is 4.79 Å². The molecule has 1 fully saturated rings. The number of hydrogen-bond donors (Lipinski definition) is 2. The molecule has 0 saturated heterocycles. The molecule has 5 heteroatoms. The van der Waals surface area contributed by atoms with E-state index >= 15 is 0 Å². The Balaban J connectivity index is 0.00000220. The zero-order valence-electron chi connectivity index (χ0n) is 12.6. The number of rotatable bonds is 5. The number of carbonyl (C=O) groups is 1. The summed E-state index contributed by atoms with van der Waals surface area (Å²) in [4.78, 5) is 12.2. The summed E-state index contributed by atoms with van der Waals surface area (Å²) in [5, 5.41) is 2.97. The van der Waals surface area contributed by atoms with Crippen LogP contribution in [0.3, 0.4) is 0 Å². The van der Waals surface area contributed by atoms with Gasteiger partial charge in [0, 0.05) is 13.7 Å². The Kier molecular flexibility index (Phi) is 7.15. The van der Waals surface area contributed by atoms with Crippen LogP contribution in [0, 0.1) is 0 Å². The summed E-state index contributed by atoms with van der Waals surface area (Å²) >= 11 is 0. The van der Waals surface area contributed by atoms with Gasteiger partial charge in [0.1, 0.15) is 0 Å². The Morgan fingerprint density at radius 2 is 1.95 bits per heavy atom. The lowest BCUT2D eigenvalue weighted by molar-refractivity contribution is -0.127. The van der Waals surface area contributed by atoms with Gasteiger partial charge in [0.25, 0.3) is 0 Å². The molecular formula is C16H25ClN2O2. The van der Waals surface area contributed by atoms with E-state index in [4.69, 9.17) is 10.5 Å². The fraction of sp³-hybridized carbons (Fsp3) is 0.562. The van der Waals surface area contributed by atoms with Crippen LogP contribution < -0.4 is 11.1 Å². The first-order chi connectivity index (χ1) is 9.64. The second kappa shape index (κ2) is 8.37. The maximum absolute atomic E-state index is 12.2. The standard InChI is InChI=1S/C16H24N2O2.ClH/c1-20-12-14-7-5-6-13(10-14)11-18-15(19)16(17)8-3-2-4-9-16;/h5-7,10H,2-4,8-9,11-12,17H2,1H3,(H,18,19);1H. The van der Waals surface area contributed by atoms with Crippen molar-refractivity contribution < 1.29 is 9.53 Å². The lowest BCUT2D eigenvalue weighted by atomic mass is 9.82. The molecule has 0 spiro atoms. The Morgan fingerprint density at radius 3 is 2.62 bits per heavy atom. The molecule has 1 aliphatic rings. The molecule has 0 radical (unpaired) electrons. The van der Waals surface area contributed by atoms with Crippen LogP contribution in [0.5, 0.6) is 0 Å². The summed E-state index contributed by atoms with van der Waals surface area (Å²) < 4.78 is 5.11. The first-order valence-electron chi connectivity index (χ1n) is 7.28. The maximum Gasteiger partial charge on any atom is 0.240 e. The monoisotopic (exact) mass is 312 g/mol. The maximum atomic E-state index is 12.2. The van der Waals surface area contributed by atoms with Crippen LogP contribution in [0.15, 0.2) is 24.3 Å². The lowest BCUT2D eigenvalue weighted by Gasteiger charge is -2.31. The van der Waals surface area contributed by atoms with Crippen LogP contribution >= 0.6 is 12.4 Å². The minimum absolute atomic E-state index is 0. The molecule has 0 aromatic heterocycles. The summed E-state index contributed by atoms with van der Waals surface area (Å²) in [6, 6.07) is 8.05. The topological polar surface area (TPSA) is 64.3 Å². The molecule has 1 aliphatic carbocycles. The molecule has 1 amide bonds. The zero-order chi connectivity index (χ0) is 14.4. The van der Waals surface area contributed by atoms with Gasteiger partial charge in [0.15, 0.2) is 0 Å². The highest BCUT2D eigenvalue weighted by atomic mass is 35.5. The van der Waals surface area contributed by atoms with Crippen LogP contribution in [0.4, 0.5) is 0 Å². The number of nitrogens with two attached hydrogens (primary N) is 1. The van der Waals surface area contributed by atoms with E-state index in [-0.39, 0.29) is 18.3 Å². The normalized spacial score (nSPS) is 16.9. The number of benzene rings is 1. The highest BCUT2D eigenvalue weighted by Gasteiger charge is 2.34. The lowest BCUT2D eigenvalue weighted by Crippen LogP contribution is -2.54. The van der Waals surface area contributed by atoms with Gasteiger partial charge < -0.3 is 15.8 Å². The predicted octanol–water partition coefficient (Wildman–Crippen LogP) is 2.53. The number of amides is 1. The van der Waals surface area contributed by atoms with Gasteiger partial charge in [-0.1, -0.05) is 43.5 Å². The molecule has 118 valence electrons. The summed E-state index contributed by atoms with van der Waals surface area (Å²) in [6.45, 7) is 1.11. The highest BCUT2D eigenvalue weighted by molar-refractivity contribution is 5.86. The van der Waals surface area contributed by atoms with Gasteiger partial charge in [-0.25, -0.2) is 0 Å². The number of carbonyl (C=O) groups excluding carboxylic acids is 1. The van der Waals surface area contributed by atoms with Crippen molar-refractivity contribution in [3.63, 3.8) is 0 Å². The largest absolute Gasteiger partial charge is 0.380 e. The molecule has 0 aliphatic heterocycles. The molecule has 4 nitrogen and oxygen atoms in total. The summed E-state index contributed by atoms with van der Waals surface area (Å²) in [7, 11) is 1.68. The minimum Gasteiger partial charge on any atom is -0.380 e. The average Bonchev–Trinajstić information content (AvgIpc) is 2.46. The number of hydrogen-bond acceptors (Lipinski definition) is 3. The Labute approximate surface area is 132 Å². The van der Waals surface area contributed by atoms with Gasteiger partial charge in [-0.05, 0) is 24.0 Å². The first-order valence-corrected chi connectivity index (χ1v) is 7.28. The fourth-order valence-electron chi connectivity index (χ4n) is 2.76. The van der Waals surface area contributed by atoms with Crippen LogP contribution in [0.2, 0.25) is 0 Å². The smallest absolute Gasteiger partial charge is 0.240 e. The van der Waals surface area contributed by atoms with Gasteiger partial charge >= 0.3 is 0 Å². The predicted molar refractivity (Wildman–Crippen MR) is 86.3 cm³/mol. The second-order valence-electron chi connectivity index (χ2n) is 5.65. The molecule has 1 aromatic carbocycles. The van der Waals surface area contributed by atoms with Gasteiger partial charge in [0.2, 0.25) is 5.91 Å². The van der Waals surface area contributed by atoms with Crippen LogP contribution in [-0.2, 0) is 22.7 Å². The van der Waals surface area contributed by atoms with Crippen molar-refractivity contribution >= 4 is 18.3 Å². The Morgan fingerprint density at radius 1 is 1.29 bits per heavy atom. The van der Waals surface area contributed by atoms with Crippen molar-refractivity contribution in [1.82, 2.24) is 5.32 Å². The third-order valence-electron chi connectivity index (χ3n) is 3.95. The van der Waals surface area contributed by atoms with E-state index in [0.29, 0.717) is 13.2 Å². The molecular weight excluding hydrogens is 288 g/mol. The van der Waals surface area contributed by atoms with E-state index in [1.165, 1.54) is 6.42 Å². The van der Waals surface area contributed by atoms with E-state index < -0.39 is 5.54 Å². The molecule has 1 aromatic rings. The van der Waals surface area contributed by atoms with Crippen molar-refractivity contribution in [1.29, 1.82) is 0 Å². The van der Waals surface area contributed by atoms with E-state index in [0.717, 1.165) is 36.8 Å². The SMILES string of the molecule is COCc1cccc(CNC(=O)C2(N)CCCCC2)c1.Cl. The third-order valence-corrected chi connectivity index (χ3v) is 3.95. The van der Waals surface area contributed by atoms with Crippen molar-refractivity contribution in [2.24, 2.45) is 5.73 Å². The van der Waals surface area contributed by atoms with E-state index in [9.17, 15) is 4.79 Å². The minimum atomic E-state index is -0.664. The highest BCUT2D eigenvalue weighted by Crippen LogP contribution is 2.26. The second-order valence-corrected chi connectivity index (χ2v) is 5.65. The van der Waals surface area contributed by atoms with Crippen LogP contribution in [0.1, 0.15) is 43.2 Å². The summed E-state index contributed by atoms with van der Waals surface area (Å²) in [6.07, 6.45) is 4.87. The van der Waals surface area contributed by atoms with Gasteiger partial charge in [0.05, 0.1) is 12.1 Å². The van der Waals surface area contributed by atoms with Crippen molar-refractivity contribution in [3.05, 3.63) is 35.4 Å². The van der Waals surface area contributed by atoms with E-state index in [2.05, 4.69) is 5.32 Å². The molecule has 0 atom stereocenters. The van der Waals surface area contributed by atoms with Gasteiger partial charge in [-0.15, -0.1) is 12.4 Å². The van der Waals surface area contributed by atoms with Crippen LogP contribution in [-0.4, -0.2) is 18.6 Å². The third kappa shape index (κ3) is 4.99. The summed E-state index contributed by atoms with van der Waals surface area (Å²) in [5.74, 6) is -0.0191. The number of methoxy groups -OCH3 is 1. The molecule has 0 heterocycles. The van der Waals surface area contributed by atoms with Crippen molar-refractivity contribution in [2.75, 3.05) is 7.11 Å².